The van der Waals surface area contributed by atoms with Gasteiger partial charge in [0.25, 0.3) is 5.91 Å². The van der Waals surface area contributed by atoms with Gasteiger partial charge in [0.2, 0.25) is 0 Å². The standard InChI is InChI=1S/C19H16N4O3/c1-23-13-14(12-21-23)5-10-18(24)26-16-8-6-15(7-9-16)19(25)22-17-4-2-3-11-20-17/h2-13H,1H3,(H,20,22,25). The van der Waals surface area contributed by atoms with Gasteiger partial charge in [-0.2, -0.15) is 5.10 Å². The summed E-state index contributed by atoms with van der Waals surface area (Å²) in [5.41, 5.74) is 1.23. The normalized spacial score (nSPS) is 10.7. The van der Waals surface area contributed by atoms with Gasteiger partial charge in [-0.05, 0) is 42.5 Å². The minimum atomic E-state index is -0.514. The summed E-state index contributed by atoms with van der Waals surface area (Å²) >= 11 is 0. The third-order valence-corrected chi connectivity index (χ3v) is 3.38. The van der Waals surface area contributed by atoms with E-state index in [9.17, 15) is 9.59 Å². The van der Waals surface area contributed by atoms with Crippen LogP contribution in [0.1, 0.15) is 15.9 Å². The molecule has 0 saturated carbocycles. The molecule has 0 atom stereocenters. The van der Waals surface area contributed by atoms with Gasteiger partial charge in [-0.3, -0.25) is 9.48 Å². The van der Waals surface area contributed by atoms with Crippen molar-refractivity contribution in [3.8, 4) is 5.75 Å². The van der Waals surface area contributed by atoms with E-state index in [4.69, 9.17) is 4.74 Å². The topological polar surface area (TPSA) is 86.1 Å². The van der Waals surface area contributed by atoms with Gasteiger partial charge in [0.1, 0.15) is 11.6 Å². The fourth-order valence-corrected chi connectivity index (χ4v) is 2.14. The molecule has 1 amide bonds. The number of hydrogen-bond acceptors (Lipinski definition) is 5. The Bertz CT molecular complexity index is 931. The third kappa shape index (κ3) is 4.64. The average Bonchev–Trinajstić information content (AvgIpc) is 3.07. The lowest BCUT2D eigenvalue weighted by Gasteiger charge is -2.05. The summed E-state index contributed by atoms with van der Waals surface area (Å²) in [6, 6.07) is 11.5. The smallest absolute Gasteiger partial charge is 0.336 e. The highest BCUT2D eigenvalue weighted by atomic mass is 16.5. The van der Waals surface area contributed by atoms with Gasteiger partial charge in [0, 0.05) is 36.6 Å². The molecule has 26 heavy (non-hydrogen) atoms. The molecule has 0 radical (unpaired) electrons. The highest BCUT2D eigenvalue weighted by molar-refractivity contribution is 6.03. The fraction of sp³-hybridized carbons (Fsp3) is 0.0526. The van der Waals surface area contributed by atoms with Crippen LogP contribution in [-0.2, 0) is 11.8 Å². The first-order valence-corrected chi connectivity index (χ1v) is 7.81. The number of nitrogens with zero attached hydrogens (tertiary/aromatic N) is 3. The Labute approximate surface area is 149 Å². The Hall–Kier alpha value is -3.74. The number of rotatable bonds is 5. The quantitative estimate of drug-likeness (QED) is 0.435. The zero-order valence-corrected chi connectivity index (χ0v) is 14.0. The third-order valence-electron chi connectivity index (χ3n) is 3.38. The van der Waals surface area contributed by atoms with Crippen molar-refractivity contribution in [1.82, 2.24) is 14.8 Å². The van der Waals surface area contributed by atoms with Crippen LogP contribution < -0.4 is 10.1 Å². The molecule has 0 aliphatic rings. The molecule has 2 heterocycles. The van der Waals surface area contributed by atoms with E-state index in [1.807, 2.05) is 0 Å². The van der Waals surface area contributed by atoms with E-state index in [0.717, 1.165) is 5.56 Å². The van der Waals surface area contributed by atoms with Gasteiger partial charge in [-0.25, -0.2) is 9.78 Å². The number of carbonyl (C=O) groups excluding carboxylic acids is 2. The van der Waals surface area contributed by atoms with Crippen molar-refractivity contribution in [2.45, 2.75) is 0 Å². The SMILES string of the molecule is Cn1cc(C=CC(=O)Oc2ccc(C(=O)Nc3ccccn3)cc2)cn1. The van der Waals surface area contributed by atoms with E-state index in [1.165, 1.54) is 6.08 Å². The Morgan fingerprint density at radius 3 is 2.62 bits per heavy atom. The molecule has 7 nitrogen and oxygen atoms in total. The molecule has 0 bridgehead atoms. The number of aryl methyl sites for hydroxylation is 1. The number of hydrogen-bond donors (Lipinski definition) is 1. The number of esters is 1. The zero-order chi connectivity index (χ0) is 18.4. The van der Waals surface area contributed by atoms with Crippen LogP contribution in [0.25, 0.3) is 6.08 Å². The fourth-order valence-electron chi connectivity index (χ4n) is 2.14. The minimum absolute atomic E-state index is 0.293. The van der Waals surface area contributed by atoms with Crippen LogP contribution in [0.3, 0.4) is 0 Å². The summed E-state index contributed by atoms with van der Waals surface area (Å²) < 4.78 is 6.84. The molecule has 130 valence electrons. The first-order chi connectivity index (χ1) is 12.6. The molecule has 1 N–H and O–H groups in total. The first kappa shape index (κ1) is 17.1. The number of carbonyl (C=O) groups is 2. The number of pyridine rings is 1. The molecule has 1 aromatic carbocycles. The highest BCUT2D eigenvalue weighted by Gasteiger charge is 2.08. The number of aromatic nitrogens is 3. The number of benzene rings is 1. The monoisotopic (exact) mass is 348 g/mol. The van der Waals surface area contributed by atoms with Crippen LogP contribution in [0.2, 0.25) is 0 Å². The molecule has 0 aliphatic heterocycles. The summed E-state index contributed by atoms with van der Waals surface area (Å²) in [5.74, 6) is 0.00589. The number of nitrogens with one attached hydrogen (secondary N) is 1. The Morgan fingerprint density at radius 1 is 1.15 bits per heavy atom. The zero-order valence-electron chi connectivity index (χ0n) is 14.0. The lowest BCUT2D eigenvalue weighted by atomic mass is 10.2. The van der Waals surface area contributed by atoms with Gasteiger partial charge in [0.05, 0.1) is 6.20 Å². The lowest BCUT2D eigenvalue weighted by Crippen LogP contribution is -2.12. The lowest BCUT2D eigenvalue weighted by molar-refractivity contribution is -0.128. The summed E-state index contributed by atoms with van der Waals surface area (Å²) in [6.07, 6.45) is 7.94. The van der Waals surface area contributed by atoms with Crippen molar-refractivity contribution in [2.24, 2.45) is 7.05 Å². The predicted octanol–water partition coefficient (Wildman–Crippen LogP) is 2.69. The maximum absolute atomic E-state index is 12.1. The van der Waals surface area contributed by atoms with Crippen molar-refractivity contribution in [3.63, 3.8) is 0 Å². The first-order valence-electron chi connectivity index (χ1n) is 7.81. The Balaban J connectivity index is 1.57. The van der Waals surface area contributed by atoms with E-state index >= 15 is 0 Å². The molecular weight excluding hydrogens is 332 g/mol. The van der Waals surface area contributed by atoms with Crippen LogP contribution in [0, 0.1) is 0 Å². The number of anilines is 1. The van der Waals surface area contributed by atoms with E-state index in [0.29, 0.717) is 17.1 Å². The summed E-state index contributed by atoms with van der Waals surface area (Å²) in [7, 11) is 1.79. The summed E-state index contributed by atoms with van der Waals surface area (Å²) in [4.78, 5) is 28.0. The van der Waals surface area contributed by atoms with Crippen LogP contribution in [-0.4, -0.2) is 26.6 Å². The van der Waals surface area contributed by atoms with E-state index in [1.54, 1.807) is 78.9 Å². The van der Waals surface area contributed by atoms with E-state index in [-0.39, 0.29) is 5.91 Å². The second-order valence-corrected chi connectivity index (χ2v) is 5.40. The second kappa shape index (κ2) is 7.89. The molecule has 0 spiro atoms. The van der Waals surface area contributed by atoms with E-state index < -0.39 is 5.97 Å². The molecule has 0 saturated heterocycles. The second-order valence-electron chi connectivity index (χ2n) is 5.40. The van der Waals surface area contributed by atoms with Crippen molar-refractivity contribution in [3.05, 3.63) is 78.3 Å². The maximum Gasteiger partial charge on any atom is 0.336 e. The van der Waals surface area contributed by atoms with Crippen LogP contribution in [0.5, 0.6) is 5.75 Å². The van der Waals surface area contributed by atoms with Gasteiger partial charge < -0.3 is 10.1 Å². The summed E-state index contributed by atoms with van der Waals surface area (Å²) in [6.45, 7) is 0. The molecule has 7 heteroatoms. The van der Waals surface area contributed by atoms with Crippen molar-refractivity contribution in [1.29, 1.82) is 0 Å². The molecule has 2 aromatic heterocycles. The highest BCUT2D eigenvalue weighted by Crippen LogP contribution is 2.14. The molecule has 0 unspecified atom stereocenters. The van der Waals surface area contributed by atoms with Crippen LogP contribution in [0.4, 0.5) is 5.82 Å². The Morgan fingerprint density at radius 2 is 1.96 bits per heavy atom. The van der Waals surface area contributed by atoms with Gasteiger partial charge >= 0.3 is 5.97 Å². The van der Waals surface area contributed by atoms with Crippen LogP contribution in [0.15, 0.2) is 67.1 Å². The largest absolute Gasteiger partial charge is 0.423 e. The maximum atomic E-state index is 12.1. The molecular formula is C19H16N4O3. The summed E-state index contributed by atoms with van der Waals surface area (Å²) in [5, 5.41) is 6.69. The van der Waals surface area contributed by atoms with Crippen molar-refractivity contribution in [2.75, 3.05) is 5.32 Å². The van der Waals surface area contributed by atoms with Gasteiger partial charge in [0.15, 0.2) is 0 Å². The molecule has 0 aliphatic carbocycles. The number of amides is 1. The molecule has 3 rings (SSSR count). The van der Waals surface area contributed by atoms with Crippen molar-refractivity contribution < 1.29 is 14.3 Å². The molecule has 3 aromatic rings. The Kier molecular flexibility index (Phi) is 5.19. The van der Waals surface area contributed by atoms with Gasteiger partial charge in [-0.1, -0.05) is 6.07 Å². The molecule has 0 fully saturated rings. The van der Waals surface area contributed by atoms with Gasteiger partial charge in [-0.15, -0.1) is 0 Å². The minimum Gasteiger partial charge on any atom is -0.423 e. The van der Waals surface area contributed by atoms with Crippen molar-refractivity contribution >= 4 is 23.8 Å². The van der Waals surface area contributed by atoms with E-state index in [2.05, 4.69) is 15.4 Å². The average molecular weight is 348 g/mol. The number of ether oxygens (including phenoxy) is 1. The predicted molar refractivity (Wildman–Crippen MR) is 96.5 cm³/mol. The van der Waals surface area contributed by atoms with Crippen LogP contribution >= 0.6 is 0 Å².